The summed E-state index contributed by atoms with van der Waals surface area (Å²) in [5, 5.41) is 2.94. The zero-order valence-electron chi connectivity index (χ0n) is 10.8. The van der Waals surface area contributed by atoms with Crippen LogP contribution in [0, 0.1) is 10.8 Å². The Morgan fingerprint density at radius 3 is 2.80 bits per heavy atom. The minimum atomic E-state index is -0.303. The highest BCUT2D eigenvalue weighted by Gasteiger charge is 2.31. The largest absolute Gasteiger partial charge is 0.381 e. The van der Waals surface area contributed by atoms with Crippen LogP contribution < -0.4 is 9.06 Å². The van der Waals surface area contributed by atoms with Gasteiger partial charge in [-0.3, -0.25) is 10.2 Å². The van der Waals surface area contributed by atoms with Gasteiger partial charge >= 0.3 is 0 Å². The van der Waals surface area contributed by atoms with E-state index in [0.717, 1.165) is 18.4 Å². The first-order valence-electron chi connectivity index (χ1n) is 6.43. The van der Waals surface area contributed by atoms with Crippen molar-refractivity contribution in [3.63, 3.8) is 0 Å². The van der Waals surface area contributed by atoms with Crippen molar-refractivity contribution in [2.45, 2.75) is 18.8 Å². The Balaban J connectivity index is 2.28. The van der Waals surface area contributed by atoms with Gasteiger partial charge in [0.2, 0.25) is 5.91 Å². The molecule has 0 aliphatic carbocycles. The van der Waals surface area contributed by atoms with E-state index in [2.05, 4.69) is 14.2 Å². The summed E-state index contributed by atoms with van der Waals surface area (Å²) in [5.41, 5.74) is 3.79. The summed E-state index contributed by atoms with van der Waals surface area (Å²) in [6, 6.07) is 6.93. The molecule has 6 nitrogen and oxygen atoms in total. The molecule has 1 saturated heterocycles. The van der Waals surface area contributed by atoms with Gasteiger partial charge in [0.15, 0.2) is 0 Å². The molecular formula is C13H16IN3O3. The molecule has 7 heteroatoms. The van der Waals surface area contributed by atoms with Crippen LogP contribution in [0.25, 0.3) is 0 Å². The summed E-state index contributed by atoms with van der Waals surface area (Å²) in [6.45, 7) is 1.33. The number of carbonyl (C=O) groups is 1. The maximum absolute atomic E-state index is 12.3. The average molecular weight is 389 g/mol. The van der Waals surface area contributed by atoms with Crippen molar-refractivity contribution in [1.29, 1.82) is 0 Å². The number of nitroso groups, excluding NO2 is 1. The van der Waals surface area contributed by atoms with E-state index in [1.165, 1.54) is 0 Å². The van der Waals surface area contributed by atoms with Gasteiger partial charge in [-0.1, -0.05) is 12.1 Å². The number of rotatable bonds is 5. The number of carbonyl (C=O) groups excluding carboxylic acids is 1. The first kappa shape index (κ1) is 15.3. The van der Waals surface area contributed by atoms with Crippen LogP contribution in [0.2, 0.25) is 0 Å². The van der Waals surface area contributed by atoms with Crippen molar-refractivity contribution in [3.8, 4) is 0 Å². The molecule has 0 radical (unpaired) electrons. The summed E-state index contributed by atoms with van der Waals surface area (Å²) in [6.07, 6.45) is 1.66. The number of benzene rings is 1. The quantitative estimate of drug-likeness (QED) is 0.351. The molecule has 0 saturated carbocycles. The Labute approximate surface area is 131 Å². The summed E-state index contributed by atoms with van der Waals surface area (Å²) >= 11 is 1.87. The van der Waals surface area contributed by atoms with E-state index in [9.17, 15) is 9.70 Å². The summed E-state index contributed by atoms with van der Waals surface area (Å²) < 4.78 is 7.99. The van der Waals surface area contributed by atoms with Crippen LogP contribution in [-0.2, 0) is 9.53 Å². The third-order valence-electron chi connectivity index (χ3n) is 3.53. The minimum absolute atomic E-state index is 0.102. The topological polar surface area (TPSA) is 79.8 Å². The second-order valence-corrected chi connectivity index (χ2v) is 5.24. The van der Waals surface area contributed by atoms with E-state index in [-0.39, 0.29) is 17.7 Å². The lowest BCUT2D eigenvalue weighted by Gasteiger charge is -2.29. The van der Waals surface area contributed by atoms with Crippen LogP contribution in [0.1, 0.15) is 24.3 Å². The zero-order valence-corrected chi connectivity index (χ0v) is 13.0. The molecule has 20 heavy (non-hydrogen) atoms. The molecule has 1 aromatic rings. The Hall–Kier alpha value is -1.06. The predicted octanol–water partition coefficient (Wildman–Crippen LogP) is 2.57. The van der Waals surface area contributed by atoms with Crippen molar-refractivity contribution in [3.05, 3.63) is 34.7 Å². The van der Waals surface area contributed by atoms with E-state index < -0.39 is 0 Å². The van der Waals surface area contributed by atoms with E-state index in [4.69, 9.17) is 4.74 Å². The van der Waals surface area contributed by atoms with Crippen molar-refractivity contribution >= 4 is 34.5 Å². The predicted molar refractivity (Wildman–Crippen MR) is 83.5 cm³/mol. The van der Waals surface area contributed by atoms with Gasteiger partial charge in [-0.15, -0.1) is 4.91 Å². The first-order valence-corrected chi connectivity index (χ1v) is 7.50. The SMILES string of the molecule is O=Nc1cccc(C(C(=O)NNI)C2CCOCC2)c1. The fraction of sp³-hybridized carbons (Fsp3) is 0.462. The van der Waals surface area contributed by atoms with E-state index in [0.29, 0.717) is 18.9 Å². The molecule has 1 aliphatic heterocycles. The lowest BCUT2D eigenvalue weighted by atomic mass is 9.80. The van der Waals surface area contributed by atoms with E-state index in [1.807, 2.05) is 28.9 Å². The molecule has 1 fully saturated rings. The van der Waals surface area contributed by atoms with Crippen LogP contribution in [0.5, 0.6) is 0 Å². The van der Waals surface area contributed by atoms with Gasteiger partial charge < -0.3 is 4.74 Å². The molecule has 1 aromatic carbocycles. The molecule has 1 amide bonds. The molecule has 1 aliphatic rings. The molecule has 0 spiro atoms. The number of amides is 1. The third kappa shape index (κ3) is 3.74. The maximum atomic E-state index is 12.3. The number of hydrogen-bond donors (Lipinski definition) is 2. The number of nitrogens with zero attached hydrogens (tertiary/aromatic N) is 1. The number of nitrogens with one attached hydrogen (secondary N) is 2. The Kier molecular flexibility index (Phi) is 5.86. The summed E-state index contributed by atoms with van der Waals surface area (Å²) in [7, 11) is 0. The lowest BCUT2D eigenvalue weighted by Crippen LogP contribution is -2.39. The summed E-state index contributed by atoms with van der Waals surface area (Å²) in [5.74, 6) is -0.201. The lowest BCUT2D eigenvalue weighted by molar-refractivity contribution is -0.125. The highest BCUT2D eigenvalue weighted by atomic mass is 127. The summed E-state index contributed by atoms with van der Waals surface area (Å²) in [4.78, 5) is 23.0. The molecule has 0 aromatic heterocycles. The normalized spacial score (nSPS) is 17.4. The van der Waals surface area contributed by atoms with Gasteiger partial charge in [0.05, 0.1) is 5.92 Å². The fourth-order valence-electron chi connectivity index (χ4n) is 2.59. The van der Waals surface area contributed by atoms with Crippen LogP contribution in [0.15, 0.2) is 29.4 Å². The van der Waals surface area contributed by atoms with Crippen molar-refractivity contribution in [1.82, 2.24) is 9.06 Å². The zero-order chi connectivity index (χ0) is 14.4. The van der Waals surface area contributed by atoms with Gasteiger partial charge in [-0.25, -0.2) is 0 Å². The minimum Gasteiger partial charge on any atom is -0.381 e. The Bertz CT molecular complexity index is 478. The monoisotopic (exact) mass is 389 g/mol. The Morgan fingerprint density at radius 2 is 2.15 bits per heavy atom. The smallest absolute Gasteiger partial charge is 0.242 e. The Morgan fingerprint density at radius 1 is 1.40 bits per heavy atom. The van der Waals surface area contributed by atoms with Gasteiger partial charge in [-0.2, -0.15) is 3.64 Å². The van der Waals surface area contributed by atoms with Gasteiger partial charge in [0.1, 0.15) is 5.69 Å². The molecule has 0 bridgehead atoms. The molecule has 108 valence electrons. The molecular weight excluding hydrogens is 373 g/mol. The van der Waals surface area contributed by atoms with E-state index >= 15 is 0 Å². The fourth-order valence-corrected chi connectivity index (χ4v) is 2.85. The third-order valence-corrected chi connectivity index (χ3v) is 3.79. The van der Waals surface area contributed by atoms with Crippen molar-refractivity contribution in [2.75, 3.05) is 13.2 Å². The standard InChI is InChI=1S/C13H16IN3O3/c14-17-15-13(18)12(9-4-6-20-7-5-9)10-2-1-3-11(8-10)16-19/h1-3,8-9,12,17H,4-7H2,(H,15,18). The average Bonchev–Trinajstić information content (AvgIpc) is 2.49. The van der Waals surface area contributed by atoms with E-state index in [1.54, 1.807) is 18.2 Å². The molecule has 1 heterocycles. The van der Waals surface area contributed by atoms with Crippen molar-refractivity contribution < 1.29 is 9.53 Å². The highest BCUT2D eigenvalue weighted by molar-refractivity contribution is 14.1. The van der Waals surface area contributed by atoms with Crippen molar-refractivity contribution in [2.24, 2.45) is 11.1 Å². The molecule has 1 unspecified atom stereocenters. The van der Waals surface area contributed by atoms with Crippen LogP contribution in [0.3, 0.4) is 0 Å². The van der Waals surface area contributed by atoms with Gasteiger partial charge in [-0.05, 0) is 41.6 Å². The molecule has 1 atom stereocenters. The number of hydrazine groups is 1. The van der Waals surface area contributed by atoms with Crippen LogP contribution in [-0.4, -0.2) is 19.1 Å². The molecule has 2 N–H and O–H groups in total. The number of ether oxygens (including phenoxy) is 1. The van der Waals surface area contributed by atoms with Crippen LogP contribution >= 0.6 is 22.9 Å². The highest BCUT2D eigenvalue weighted by Crippen LogP contribution is 2.33. The first-order chi connectivity index (χ1) is 9.76. The van der Waals surface area contributed by atoms with Gasteiger partial charge in [0.25, 0.3) is 0 Å². The maximum Gasteiger partial charge on any atom is 0.242 e. The van der Waals surface area contributed by atoms with Crippen LogP contribution in [0.4, 0.5) is 5.69 Å². The second kappa shape index (κ2) is 7.65. The van der Waals surface area contributed by atoms with Gasteiger partial charge in [0, 0.05) is 36.1 Å². The number of hydrogen-bond acceptors (Lipinski definition) is 5. The molecule has 2 rings (SSSR count). The number of halogens is 1. The second-order valence-electron chi connectivity index (χ2n) is 4.70.